The summed E-state index contributed by atoms with van der Waals surface area (Å²) < 4.78 is 49.6. The van der Waals surface area contributed by atoms with Crippen LogP contribution in [0.25, 0.3) is 10.9 Å². The lowest BCUT2D eigenvalue weighted by atomic mass is 10.1. The Morgan fingerprint density at radius 2 is 2.11 bits per heavy atom. The van der Waals surface area contributed by atoms with Gasteiger partial charge in [-0.05, 0) is 18.9 Å². The highest BCUT2D eigenvalue weighted by Gasteiger charge is 2.37. The van der Waals surface area contributed by atoms with Gasteiger partial charge < -0.3 is 19.5 Å². The van der Waals surface area contributed by atoms with Crippen molar-refractivity contribution in [3.05, 3.63) is 34.4 Å². The molecule has 1 aromatic heterocycles. The molecule has 1 saturated carbocycles. The number of fused-ring (bicyclic) bond motifs is 1. The largest absolute Gasteiger partial charge is 0.492 e. The molecule has 8 heteroatoms. The van der Waals surface area contributed by atoms with E-state index in [0.29, 0.717) is 24.6 Å². The zero-order chi connectivity index (χ0) is 19.8. The highest BCUT2D eigenvalue weighted by atomic mass is 19.1. The van der Waals surface area contributed by atoms with Crippen LogP contribution in [0, 0.1) is 11.7 Å². The number of aryl methyl sites for hydroxylation is 1. The average Bonchev–Trinajstić information content (AvgIpc) is 3.43. The summed E-state index contributed by atoms with van der Waals surface area (Å²) in [6, 6.07) is 2.90. The lowest BCUT2D eigenvalue weighted by Crippen LogP contribution is -2.30. The lowest BCUT2D eigenvalue weighted by Gasteiger charge is -2.24. The molecule has 0 amide bonds. The Bertz CT molecular complexity index is 929. The van der Waals surface area contributed by atoms with Crippen LogP contribution in [0.5, 0.6) is 5.75 Å². The van der Waals surface area contributed by atoms with Crippen LogP contribution in [0.2, 0.25) is 0 Å². The Labute approximate surface area is 161 Å². The molecule has 2 aromatic rings. The zero-order valence-corrected chi connectivity index (χ0v) is 15.8. The lowest BCUT2D eigenvalue weighted by molar-refractivity contribution is 0.276. The third-order valence-corrected chi connectivity index (χ3v) is 5.59. The number of methoxy groups -OCH3 is 1. The number of rotatable bonds is 7. The minimum atomic E-state index is -1.09. The maximum Gasteiger partial charge on any atom is 0.189 e. The van der Waals surface area contributed by atoms with E-state index in [9.17, 15) is 13.6 Å². The fraction of sp³-hybridized carbons (Fsp3) is 0.550. The Kier molecular flexibility index (Phi) is 5.23. The van der Waals surface area contributed by atoms with Crippen LogP contribution in [0.15, 0.2) is 23.1 Å². The number of hydrogen-bond donors (Lipinski definition) is 1. The molecule has 0 radical (unpaired) electrons. The monoisotopic (exact) mass is 395 g/mol. The number of nitrogens with one attached hydrogen (secondary N) is 1. The number of nitrogens with zero attached hydrogens (tertiary/aromatic N) is 2. The van der Waals surface area contributed by atoms with Crippen LogP contribution in [-0.4, -0.2) is 50.2 Å². The first-order valence-electron chi connectivity index (χ1n) is 9.61. The fourth-order valence-corrected chi connectivity index (χ4v) is 3.98. The molecule has 1 saturated heterocycles. The summed E-state index contributed by atoms with van der Waals surface area (Å²) in [5.74, 6) is -0.740. The molecule has 1 aliphatic heterocycles. The van der Waals surface area contributed by atoms with Crippen molar-refractivity contribution in [1.82, 2.24) is 9.88 Å². The standard InChI is InChI=1S/C20H24F3N3O2/c1-28-20-18-14(17(27)4-6-25(18)7-5-21)8-15(22)19(20)26-10-12(16(23)11-26)9-24-13-2-3-13/h4,6,8,12-13,16,24H,2-3,5,7,9-11H2,1H3/t12-,16+/m0/s1. The van der Waals surface area contributed by atoms with Gasteiger partial charge in [-0.1, -0.05) is 0 Å². The normalized spacial score (nSPS) is 22.2. The Hall–Kier alpha value is -2.22. The predicted octanol–water partition coefficient (Wildman–Crippen LogP) is 2.65. The predicted molar refractivity (Wildman–Crippen MR) is 102 cm³/mol. The van der Waals surface area contributed by atoms with Crippen LogP contribution >= 0.6 is 0 Å². The third kappa shape index (κ3) is 3.45. The molecule has 5 nitrogen and oxygen atoms in total. The average molecular weight is 395 g/mol. The second kappa shape index (κ2) is 7.66. The number of alkyl halides is 2. The maximum absolute atomic E-state index is 15.0. The molecule has 0 bridgehead atoms. The summed E-state index contributed by atoms with van der Waals surface area (Å²) in [4.78, 5) is 13.9. The molecule has 2 heterocycles. The van der Waals surface area contributed by atoms with Crippen molar-refractivity contribution >= 4 is 16.6 Å². The van der Waals surface area contributed by atoms with Crippen LogP contribution in [0.4, 0.5) is 18.9 Å². The van der Waals surface area contributed by atoms with Gasteiger partial charge in [-0.25, -0.2) is 13.2 Å². The molecule has 1 N–H and O–H groups in total. The Balaban J connectivity index is 1.75. The van der Waals surface area contributed by atoms with Gasteiger partial charge in [0, 0.05) is 43.9 Å². The second-order valence-corrected chi connectivity index (χ2v) is 7.56. The van der Waals surface area contributed by atoms with Gasteiger partial charge in [0.25, 0.3) is 0 Å². The van der Waals surface area contributed by atoms with E-state index in [2.05, 4.69) is 5.32 Å². The van der Waals surface area contributed by atoms with Gasteiger partial charge in [0.15, 0.2) is 17.0 Å². The molecule has 4 rings (SSSR count). The molecule has 2 atom stereocenters. The van der Waals surface area contributed by atoms with E-state index < -0.39 is 18.7 Å². The zero-order valence-electron chi connectivity index (χ0n) is 15.8. The van der Waals surface area contributed by atoms with Crippen LogP contribution in [0.3, 0.4) is 0 Å². The summed E-state index contributed by atoms with van der Waals surface area (Å²) in [6.07, 6.45) is 2.62. The number of benzene rings is 1. The highest BCUT2D eigenvalue weighted by molar-refractivity contribution is 5.91. The molecule has 2 aliphatic rings. The second-order valence-electron chi connectivity index (χ2n) is 7.56. The first kappa shape index (κ1) is 19.1. The molecule has 2 fully saturated rings. The Morgan fingerprint density at radius 3 is 2.79 bits per heavy atom. The fourth-order valence-electron chi connectivity index (χ4n) is 3.98. The van der Waals surface area contributed by atoms with Crippen molar-refractivity contribution in [2.24, 2.45) is 5.92 Å². The maximum atomic E-state index is 15.0. The molecule has 0 unspecified atom stereocenters. The van der Waals surface area contributed by atoms with Gasteiger partial charge in [-0.3, -0.25) is 4.79 Å². The number of aromatic nitrogens is 1. The van der Waals surface area contributed by atoms with E-state index in [4.69, 9.17) is 4.74 Å². The van der Waals surface area contributed by atoms with Gasteiger partial charge >= 0.3 is 0 Å². The molecule has 152 valence electrons. The van der Waals surface area contributed by atoms with E-state index in [0.717, 1.165) is 18.9 Å². The SMILES string of the molecule is COc1c(N2C[C@H](CNC3CC3)[C@H](F)C2)c(F)cc2c(=O)ccn(CCF)c12. The van der Waals surface area contributed by atoms with E-state index >= 15 is 4.39 Å². The molecule has 1 aliphatic carbocycles. The molecular formula is C20H24F3N3O2. The van der Waals surface area contributed by atoms with Gasteiger partial charge in [-0.15, -0.1) is 0 Å². The van der Waals surface area contributed by atoms with Crippen LogP contribution in [0.1, 0.15) is 12.8 Å². The summed E-state index contributed by atoms with van der Waals surface area (Å²) in [6.45, 7) is 0.319. The van der Waals surface area contributed by atoms with Crippen molar-refractivity contribution in [2.75, 3.05) is 38.3 Å². The molecule has 1 aromatic carbocycles. The molecule has 0 spiro atoms. The van der Waals surface area contributed by atoms with E-state index in [1.807, 2.05) is 0 Å². The van der Waals surface area contributed by atoms with E-state index in [1.165, 1.54) is 23.9 Å². The Morgan fingerprint density at radius 1 is 1.32 bits per heavy atom. The third-order valence-electron chi connectivity index (χ3n) is 5.59. The van der Waals surface area contributed by atoms with Crippen molar-refractivity contribution in [3.8, 4) is 5.75 Å². The van der Waals surface area contributed by atoms with E-state index in [-0.39, 0.29) is 41.3 Å². The minimum absolute atomic E-state index is 0.0118. The summed E-state index contributed by atoms with van der Waals surface area (Å²) >= 11 is 0. The van der Waals surface area contributed by atoms with Crippen molar-refractivity contribution < 1.29 is 17.9 Å². The smallest absolute Gasteiger partial charge is 0.189 e. The minimum Gasteiger partial charge on any atom is -0.492 e. The first-order valence-corrected chi connectivity index (χ1v) is 9.61. The van der Waals surface area contributed by atoms with Gasteiger partial charge in [0.05, 0.1) is 24.6 Å². The van der Waals surface area contributed by atoms with Gasteiger partial charge in [0.1, 0.15) is 18.5 Å². The van der Waals surface area contributed by atoms with Crippen molar-refractivity contribution in [3.63, 3.8) is 0 Å². The van der Waals surface area contributed by atoms with Gasteiger partial charge in [0.2, 0.25) is 0 Å². The number of hydrogen-bond acceptors (Lipinski definition) is 4. The molecular weight excluding hydrogens is 371 g/mol. The molecule has 28 heavy (non-hydrogen) atoms. The van der Waals surface area contributed by atoms with Crippen molar-refractivity contribution in [1.29, 1.82) is 0 Å². The summed E-state index contributed by atoms with van der Waals surface area (Å²) in [5, 5.41) is 3.45. The van der Waals surface area contributed by atoms with Crippen LogP contribution in [-0.2, 0) is 6.54 Å². The number of anilines is 1. The topological polar surface area (TPSA) is 46.5 Å². The summed E-state index contributed by atoms with van der Waals surface area (Å²) in [5.41, 5.74) is 0.0916. The van der Waals surface area contributed by atoms with Crippen molar-refractivity contribution in [2.45, 2.75) is 31.6 Å². The van der Waals surface area contributed by atoms with E-state index in [1.54, 1.807) is 4.90 Å². The van der Waals surface area contributed by atoms with Crippen LogP contribution < -0.4 is 20.4 Å². The summed E-state index contributed by atoms with van der Waals surface area (Å²) in [7, 11) is 1.38. The number of ether oxygens (including phenoxy) is 1. The quantitative estimate of drug-likeness (QED) is 0.783. The highest BCUT2D eigenvalue weighted by Crippen LogP contribution is 2.40. The van der Waals surface area contributed by atoms with Gasteiger partial charge in [-0.2, -0.15) is 0 Å². The number of pyridine rings is 1. The number of halogens is 3. The first-order chi connectivity index (χ1) is 13.5.